The number of benzene rings is 1. The summed E-state index contributed by atoms with van der Waals surface area (Å²) < 4.78 is 2.97. The Bertz CT molecular complexity index is 899. The number of halogens is 1. The van der Waals surface area contributed by atoms with Crippen LogP contribution in [-0.2, 0) is 6.54 Å². The highest BCUT2D eigenvalue weighted by Crippen LogP contribution is 2.17. The van der Waals surface area contributed by atoms with Crippen molar-refractivity contribution in [1.82, 2.24) is 14.7 Å². The van der Waals surface area contributed by atoms with Crippen LogP contribution >= 0.6 is 15.9 Å². The second kappa shape index (κ2) is 6.16. The van der Waals surface area contributed by atoms with Gasteiger partial charge < -0.3 is 9.72 Å². The molecule has 0 radical (unpaired) electrons. The topological polar surface area (TPSA) is 46.4 Å². The number of carbonyl (C=O) groups excluding carboxylic acids is 1. The average Bonchev–Trinajstić information content (AvgIpc) is 2.91. The Morgan fingerprint density at radius 3 is 2.65 bits per heavy atom. The lowest BCUT2D eigenvalue weighted by Crippen LogP contribution is -2.23. The fourth-order valence-electron chi connectivity index (χ4n) is 2.52. The Morgan fingerprint density at radius 2 is 1.91 bits per heavy atom. The van der Waals surface area contributed by atoms with Crippen LogP contribution in [0.3, 0.4) is 0 Å². The van der Waals surface area contributed by atoms with Gasteiger partial charge in [0.2, 0.25) is 0 Å². The molecule has 23 heavy (non-hydrogen) atoms. The molecule has 1 N–H and O–H groups in total. The third-order valence-electron chi connectivity index (χ3n) is 3.95. The van der Waals surface area contributed by atoms with Crippen LogP contribution in [0.15, 0.2) is 41.1 Å². The number of aromatic nitrogens is 2. The smallest absolute Gasteiger partial charge is 0.251 e. The van der Waals surface area contributed by atoms with Gasteiger partial charge in [-0.3, -0.25) is 4.79 Å². The van der Waals surface area contributed by atoms with Crippen molar-refractivity contribution in [2.24, 2.45) is 0 Å². The molecule has 118 valence electrons. The summed E-state index contributed by atoms with van der Waals surface area (Å²) in [5.74, 6) is -0.0805. The molecule has 0 atom stereocenters. The molecule has 3 aromatic rings. The summed E-state index contributed by atoms with van der Waals surface area (Å²) in [6.45, 7) is 6.47. The molecule has 0 spiro atoms. The lowest BCUT2D eigenvalue weighted by Gasteiger charge is -2.06. The molecular weight excluding hydrogens is 354 g/mol. The Hall–Kier alpha value is -2.14. The van der Waals surface area contributed by atoms with Gasteiger partial charge in [0.15, 0.2) is 0 Å². The lowest BCUT2D eigenvalue weighted by atomic mass is 10.1. The van der Waals surface area contributed by atoms with E-state index in [0.717, 1.165) is 26.9 Å². The van der Waals surface area contributed by atoms with Crippen LogP contribution in [-0.4, -0.2) is 15.3 Å². The molecule has 3 rings (SSSR count). The predicted molar refractivity (Wildman–Crippen MR) is 94.7 cm³/mol. The molecule has 0 aliphatic rings. The fraction of sp³-hybridized carbons (Fsp3) is 0.222. The van der Waals surface area contributed by atoms with Gasteiger partial charge in [0.05, 0.1) is 12.2 Å². The second-order valence-electron chi connectivity index (χ2n) is 5.79. The van der Waals surface area contributed by atoms with Crippen molar-refractivity contribution in [1.29, 1.82) is 0 Å². The highest BCUT2D eigenvalue weighted by atomic mass is 79.9. The van der Waals surface area contributed by atoms with Crippen LogP contribution < -0.4 is 5.32 Å². The first-order chi connectivity index (χ1) is 10.9. The Labute approximate surface area is 143 Å². The van der Waals surface area contributed by atoms with Crippen molar-refractivity contribution in [2.75, 3.05) is 0 Å². The SMILES string of the molecule is Cc1ccc(C(=O)NCc2cn3cc(Br)cc(C)c3n2)cc1C. The predicted octanol–water partition coefficient (Wildman–Crippen LogP) is 3.95. The van der Waals surface area contributed by atoms with Crippen LogP contribution in [0.4, 0.5) is 0 Å². The van der Waals surface area contributed by atoms with Crippen LogP contribution in [0.5, 0.6) is 0 Å². The van der Waals surface area contributed by atoms with Gasteiger partial charge in [-0.2, -0.15) is 0 Å². The molecule has 1 amide bonds. The van der Waals surface area contributed by atoms with Crippen LogP contribution in [0, 0.1) is 20.8 Å². The maximum atomic E-state index is 12.3. The van der Waals surface area contributed by atoms with Gasteiger partial charge in [0.1, 0.15) is 5.65 Å². The number of aryl methyl sites for hydroxylation is 3. The van der Waals surface area contributed by atoms with Crippen LogP contribution in [0.2, 0.25) is 0 Å². The highest BCUT2D eigenvalue weighted by Gasteiger charge is 2.09. The third-order valence-corrected chi connectivity index (χ3v) is 4.38. The number of fused-ring (bicyclic) bond motifs is 1. The minimum atomic E-state index is -0.0805. The minimum absolute atomic E-state index is 0.0805. The molecule has 1 aromatic carbocycles. The second-order valence-corrected chi connectivity index (χ2v) is 6.70. The number of nitrogens with one attached hydrogen (secondary N) is 1. The van der Waals surface area contributed by atoms with E-state index >= 15 is 0 Å². The summed E-state index contributed by atoms with van der Waals surface area (Å²) >= 11 is 3.48. The van der Waals surface area contributed by atoms with Gasteiger partial charge in [-0.25, -0.2) is 4.98 Å². The van der Waals surface area contributed by atoms with Gasteiger partial charge in [-0.1, -0.05) is 6.07 Å². The van der Waals surface area contributed by atoms with Gasteiger partial charge in [-0.05, 0) is 71.6 Å². The van der Waals surface area contributed by atoms with Crippen molar-refractivity contribution >= 4 is 27.5 Å². The molecular formula is C18H18BrN3O. The number of amides is 1. The maximum absolute atomic E-state index is 12.3. The third kappa shape index (κ3) is 3.29. The number of imidazole rings is 1. The van der Waals surface area contributed by atoms with E-state index in [1.165, 1.54) is 5.56 Å². The lowest BCUT2D eigenvalue weighted by molar-refractivity contribution is 0.0950. The van der Waals surface area contributed by atoms with Crippen LogP contribution in [0.1, 0.15) is 32.7 Å². The van der Waals surface area contributed by atoms with Crippen molar-refractivity contribution in [3.05, 3.63) is 69.1 Å². The summed E-state index contributed by atoms with van der Waals surface area (Å²) in [6.07, 6.45) is 3.90. The van der Waals surface area contributed by atoms with E-state index in [0.29, 0.717) is 12.1 Å². The monoisotopic (exact) mass is 371 g/mol. The van der Waals surface area contributed by atoms with Crippen molar-refractivity contribution < 1.29 is 4.79 Å². The minimum Gasteiger partial charge on any atom is -0.346 e. The summed E-state index contributed by atoms with van der Waals surface area (Å²) in [6, 6.07) is 7.76. The Kier molecular flexibility index (Phi) is 4.22. The number of carbonyl (C=O) groups is 1. The highest BCUT2D eigenvalue weighted by molar-refractivity contribution is 9.10. The first-order valence-corrected chi connectivity index (χ1v) is 8.22. The van der Waals surface area contributed by atoms with Crippen molar-refractivity contribution in [3.8, 4) is 0 Å². The molecule has 0 bridgehead atoms. The molecule has 2 heterocycles. The summed E-state index contributed by atoms with van der Waals surface area (Å²) in [7, 11) is 0. The number of nitrogens with zero attached hydrogens (tertiary/aromatic N) is 2. The summed E-state index contributed by atoms with van der Waals surface area (Å²) in [5.41, 5.74) is 5.81. The van der Waals surface area contributed by atoms with Crippen molar-refractivity contribution in [2.45, 2.75) is 27.3 Å². The Balaban J connectivity index is 1.76. The van der Waals surface area contributed by atoms with E-state index in [9.17, 15) is 4.79 Å². The zero-order valence-electron chi connectivity index (χ0n) is 13.4. The Morgan fingerprint density at radius 1 is 1.13 bits per heavy atom. The van der Waals surface area contributed by atoms with E-state index in [4.69, 9.17) is 0 Å². The number of rotatable bonds is 3. The average molecular weight is 372 g/mol. The largest absolute Gasteiger partial charge is 0.346 e. The zero-order valence-corrected chi connectivity index (χ0v) is 14.9. The van der Waals surface area contributed by atoms with Gasteiger partial charge in [0.25, 0.3) is 5.91 Å². The van der Waals surface area contributed by atoms with E-state index in [1.807, 2.05) is 61.8 Å². The number of hydrogen-bond donors (Lipinski definition) is 1. The number of hydrogen-bond acceptors (Lipinski definition) is 2. The zero-order chi connectivity index (χ0) is 16.6. The molecule has 2 aromatic heterocycles. The van der Waals surface area contributed by atoms with Crippen molar-refractivity contribution in [3.63, 3.8) is 0 Å². The molecule has 0 unspecified atom stereocenters. The normalized spacial score (nSPS) is 11.0. The molecule has 0 saturated heterocycles. The summed E-state index contributed by atoms with van der Waals surface area (Å²) in [5, 5.41) is 2.93. The van der Waals surface area contributed by atoms with Crippen LogP contribution in [0.25, 0.3) is 5.65 Å². The van der Waals surface area contributed by atoms with Gasteiger partial charge >= 0.3 is 0 Å². The summed E-state index contributed by atoms with van der Waals surface area (Å²) in [4.78, 5) is 16.8. The molecule has 0 saturated carbocycles. The number of pyridine rings is 1. The van der Waals surface area contributed by atoms with Gasteiger partial charge in [-0.15, -0.1) is 0 Å². The maximum Gasteiger partial charge on any atom is 0.251 e. The first kappa shape index (κ1) is 15.7. The standard InChI is InChI=1S/C18H18BrN3O/c1-11-4-5-14(6-12(11)2)18(23)20-8-16-10-22-9-15(19)7-13(3)17(22)21-16/h4-7,9-10H,8H2,1-3H3,(H,20,23). The van der Waals surface area contributed by atoms with E-state index < -0.39 is 0 Å². The van der Waals surface area contributed by atoms with Gasteiger partial charge in [0, 0.05) is 22.4 Å². The molecule has 0 fully saturated rings. The van der Waals surface area contributed by atoms with E-state index in [1.54, 1.807) is 0 Å². The molecule has 0 aliphatic heterocycles. The quantitative estimate of drug-likeness (QED) is 0.757. The fourth-order valence-corrected chi connectivity index (χ4v) is 3.08. The molecule has 5 heteroatoms. The molecule has 4 nitrogen and oxygen atoms in total. The first-order valence-electron chi connectivity index (χ1n) is 7.43. The molecule has 0 aliphatic carbocycles. The van der Waals surface area contributed by atoms with E-state index in [-0.39, 0.29) is 5.91 Å². The van der Waals surface area contributed by atoms with E-state index in [2.05, 4.69) is 26.2 Å².